The van der Waals surface area contributed by atoms with Gasteiger partial charge >= 0.3 is 0 Å². The van der Waals surface area contributed by atoms with E-state index < -0.39 is 0 Å². The Labute approximate surface area is 115 Å². The fourth-order valence-electron chi connectivity index (χ4n) is 2.23. The normalized spacial score (nSPS) is 16.8. The summed E-state index contributed by atoms with van der Waals surface area (Å²) >= 11 is 0. The zero-order valence-electron chi connectivity index (χ0n) is 11.4. The largest absolute Gasteiger partial charge is 0.344 e. The van der Waals surface area contributed by atoms with Crippen molar-refractivity contribution in [1.29, 1.82) is 0 Å². The Hall–Kier alpha value is -2.57. The van der Waals surface area contributed by atoms with Crippen LogP contribution in [0.15, 0.2) is 12.1 Å². The van der Waals surface area contributed by atoms with Crippen LogP contribution >= 0.6 is 0 Å². The molecular weight excluding hydrogens is 256 g/mol. The van der Waals surface area contributed by atoms with Crippen LogP contribution in [-0.4, -0.2) is 26.1 Å². The van der Waals surface area contributed by atoms with Gasteiger partial charge in [0.05, 0.1) is 6.04 Å². The summed E-state index contributed by atoms with van der Waals surface area (Å²) in [4.78, 5) is 20.1. The molecule has 0 spiro atoms. The van der Waals surface area contributed by atoms with Crippen LogP contribution in [-0.2, 0) is 0 Å². The molecule has 1 aliphatic rings. The van der Waals surface area contributed by atoms with Crippen LogP contribution in [0, 0.1) is 13.8 Å². The Morgan fingerprint density at radius 3 is 2.70 bits per heavy atom. The van der Waals surface area contributed by atoms with E-state index in [-0.39, 0.29) is 11.9 Å². The highest BCUT2D eigenvalue weighted by Gasteiger charge is 2.27. The summed E-state index contributed by atoms with van der Waals surface area (Å²) in [5, 5.41) is 13.9. The van der Waals surface area contributed by atoms with Gasteiger partial charge in [-0.1, -0.05) is 0 Å². The van der Waals surface area contributed by atoms with Gasteiger partial charge in [-0.25, -0.2) is 9.97 Å². The Balaban J connectivity index is 1.92. The van der Waals surface area contributed by atoms with Gasteiger partial charge in [0.1, 0.15) is 11.6 Å². The minimum Gasteiger partial charge on any atom is -0.344 e. The van der Waals surface area contributed by atoms with E-state index in [2.05, 4.69) is 30.8 Å². The second-order valence-corrected chi connectivity index (χ2v) is 4.80. The number of carbonyl (C=O) groups is 1. The smallest absolute Gasteiger partial charge is 0.272 e. The van der Waals surface area contributed by atoms with E-state index in [0.717, 1.165) is 11.3 Å². The van der Waals surface area contributed by atoms with Gasteiger partial charge in [0.25, 0.3) is 5.91 Å². The number of nitrogens with one attached hydrogen (secondary N) is 2. The first-order valence-corrected chi connectivity index (χ1v) is 6.31. The molecule has 0 bridgehead atoms. The summed E-state index contributed by atoms with van der Waals surface area (Å²) in [6.07, 6.45) is 0. The third kappa shape index (κ3) is 2.18. The van der Waals surface area contributed by atoms with Crippen LogP contribution in [0.1, 0.15) is 40.5 Å². The lowest BCUT2D eigenvalue weighted by atomic mass is 10.1. The SMILES string of the molecule is Cc1cc(Nc2cc3c(nn2)C(=O)NC3C)nc(C)n1. The second kappa shape index (κ2) is 4.52. The number of carbonyl (C=O) groups excluding carboxylic acids is 1. The van der Waals surface area contributed by atoms with Gasteiger partial charge in [-0.2, -0.15) is 0 Å². The van der Waals surface area contributed by atoms with E-state index in [4.69, 9.17) is 0 Å². The zero-order chi connectivity index (χ0) is 14.3. The maximum absolute atomic E-state index is 11.6. The molecule has 2 N–H and O–H groups in total. The molecule has 0 aliphatic carbocycles. The highest BCUT2D eigenvalue weighted by atomic mass is 16.2. The molecule has 2 aromatic rings. The summed E-state index contributed by atoms with van der Waals surface area (Å²) in [6.45, 7) is 5.64. The fraction of sp³-hybridized carbons (Fsp3) is 0.308. The highest BCUT2D eigenvalue weighted by molar-refractivity contribution is 5.97. The van der Waals surface area contributed by atoms with Gasteiger partial charge in [0.15, 0.2) is 11.5 Å². The predicted octanol–water partition coefficient (Wildman–Crippen LogP) is 1.43. The number of fused-ring (bicyclic) bond motifs is 1. The number of amides is 1. The van der Waals surface area contributed by atoms with Crippen LogP contribution in [0.2, 0.25) is 0 Å². The van der Waals surface area contributed by atoms with Gasteiger partial charge < -0.3 is 10.6 Å². The Morgan fingerprint density at radius 1 is 1.15 bits per heavy atom. The molecule has 0 aromatic carbocycles. The van der Waals surface area contributed by atoms with Crippen molar-refractivity contribution in [3.05, 3.63) is 34.9 Å². The lowest BCUT2D eigenvalue weighted by Gasteiger charge is -2.08. The first-order valence-electron chi connectivity index (χ1n) is 6.31. The molecule has 1 amide bonds. The molecule has 2 aromatic heterocycles. The van der Waals surface area contributed by atoms with Crippen LogP contribution in [0.25, 0.3) is 0 Å². The van der Waals surface area contributed by atoms with Crippen molar-refractivity contribution < 1.29 is 4.79 Å². The third-order valence-electron chi connectivity index (χ3n) is 3.07. The second-order valence-electron chi connectivity index (χ2n) is 4.80. The van der Waals surface area contributed by atoms with Crippen LogP contribution < -0.4 is 10.6 Å². The van der Waals surface area contributed by atoms with Gasteiger partial charge in [-0.05, 0) is 26.8 Å². The molecule has 20 heavy (non-hydrogen) atoms. The lowest BCUT2D eigenvalue weighted by Crippen LogP contribution is -2.16. The average Bonchev–Trinajstić information content (AvgIpc) is 2.63. The molecule has 102 valence electrons. The van der Waals surface area contributed by atoms with Gasteiger partial charge in [0, 0.05) is 17.3 Å². The molecular formula is C13H14N6O. The lowest BCUT2D eigenvalue weighted by molar-refractivity contribution is 0.0953. The van der Waals surface area contributed by atoms with Crippen molar-refractivity contribution in [2.45, 2.75) is 26.8 Å². The van der Waals surface area contributed by atoms with Crippen LogP contribution in [0.4, 0.5) is 11.6 Å². The number of aryl methyl sites for hydroxylation is 2. The molecule has 1 unspecified atom stereocenters. The molecule has 1 aliphatic heterocycles. The molecule has 3 rings (SSSR count). The molecule has 1 atom stereocenters. The summed E-state index contributed by atoms with van der Waals surface area (Å²) < 4.78 is 0. The minimum atomic E-state index is -0.180. The number of anilines is 2. The number of nitrogens with zero attached hydrogens (tertiary/aromatic N) is 4. The molecule has 7 heteroatoms. The first kappa shape index (κ1) is 12.5. The third-order valence-corrected chi connectivity index (χ3v) is 3.07. The van der Waals surface area contributed by atoms with Crippen molar-refractivity contribution in [1.82, 2.24) is 25.5 Å². The monoisotopic (exact) mass is 270 g/mol. The average molecular weight is 270 g/mol. The van der Waals surface area contributed by atoms with E-state index in [1.807, 2.05) is 32.9 Å². The van der Waals surface area contributed by atoms with Crippen molar-refractivity contribution >= 4 is 17.5 Å². The number of hydrogen-bond acceptors (Lipinski definition) is 6. The summed E-state index contributed by atoms with van der Waals surface area (Å²) in [6, 6.07) is 3.59. The summed E-state index contributed by atoms with van der Waals surface area (Å²) in [5.41, 5.74) is 2.10. The standard InChI is InChI=1S/C13H14N6O/c1-6-4-10(16-8(3)14-6)17-11-5-9-7(2)15-13(20)12(9)19-18-11/h4-5,7H,1-3H3,(H,15,20)(H,14,16,17,18). The maximum Gasteiger partial charge on any atom is 0.272 e. The summed E-state index contributed by atoms with van der Waals surface area (Å²) in [7, 11) is 0. The number of aromatic nitrogens is 4. The van der Waals surface area contributed by atoms with E-state index in [9.17, 15) is 4.79 Å². The van der Waals surface area contributed by atoms with E-state index in [1.54, 1.807) is 0 Å². The molecule has 0 saturated carbocycles. The Kier molecular flexibility index (Phi) is 2.81. The maximum atomic E-state index is 11.6. The quantitative estimate of drug-likeness (QED) is 0.857. The number of rotatable bonds is 2. The molecule has 7 nitrogen and oxygen atoms in total. The van der Waals surface area contributed by atoms with Gasteiger partial charge in [-0.3, -0.25) is 4.79 Å². The van der Waals surface area contributed by atoms with E-state index in [0.29, 0.717) is 23.2 Å². The molecule has 0 saturated heterocycles. The van der Waals surface area contributed by atoms with Crippen molar-refractivity contribution in [2.75, 3.05) is 5.32 Å². The Morgan fingerprint density at radius 2 is 1.95 bits per heavy atom. The van der Waals surface area contributed by atoms with Gasteiger partial charge in [0.2, 0.25) is 0 Å². The summed E-state index contributed by atoms with van der Waals surface area (Å²) in [5.74, 6) is 1.73. The molecule has 0 fully saturated rings. The van der Waals surface area contributed by atoms with Gasteiger partial charge in [-0.15, -0.1) is 10.2 Å². The topological polar surface area (TPSA) is 92.7 Å². The van der Waals surface area contributed by atoms with E-state index in [1.165, 1.54) is 0 Å². The minimum absolute atomic E-state index is 0.0533. The van der Waals surface area contributed by atoms with Crippen LogP contribution in [0.3, 0.4) is 0 Å². The molecule has 0 radical (unpaired) electrons. The van der Waals surface area contributed by atoms with Crippen molar-refractivity contribution in [2.24, 2.45) is 0 Å². The molecule has 3 heterocycles. The predicted molar refractivity (Wildman–Crippen MR) is 72.7 cm³/mol. The van der Waals surface area contributed by atoms with Crippen LogP contribution in [0.5, 0.6) is 0 Å². The zero-order valence-corrected chi connectivity index (χ0v) is 11.4. The highest BCUT2D eigenvalue weighted by Crippen LogP contribution is 2.25. The fourth-order valence-corrected chi connectivity index (χ4v) is 2.23. The number of hydrogen-bond donors (Lipinski definition) is 2. The van der Waals surface area contributed by atoms with E-state index >= 15 is 0 Å². The Bertz CT molecular complexity index is 679. The van der Waals surface area contributed by atoms with Crippen molar-refractivity contribution in [3.63, 3.8) is 0 Å². The van der Waals surface area contributed by atoms with Crippen molar-refractivity contribution in [3.8, 4) is 0 Å². The first-order chi connectivity index (χ1) is 9.52.